The summed E-state index contributed by atoms with van der Waals surface area (Å²) in [5.41, 5.74) is -0.596. The van der Waals surface area contributed by atoms with E-state index in [0.717, 1.165) is 31.9 Å². The summed E-state index contributed by atoms with van der Waals surface area (Å²) in [5.74, 6) is -0.315. The fourth-order valence-electron chi connectivity index (χ4n) is 2.18. The van der Waals surface area contributed by atoms with Gasteiger partial charge in [0.25, 0.3) is 0 Å². The number of halogens is 2. The van der Waals surface area contributed by atoms with Crippen molar-refractivity contribution >= 4 is 11.8 Å². The molecule has 2 nitrogen and oxygen atoms in total. The van der Waals surface area contributed by atoms with E-state index in [4.69, 9.17) is 0 Å². The third-order valence-electron chi connectivity index (χ3n) is 3.51. The van der Waals surface area contributed by atoms with Crippen molar-refractivity contribution in [2.75, 3.05) is 12.3 Å². The maximum atomic E-state index is 13.6. The van der Waals surface area contributed by atoms with Crippen LogP contribution in [0.3, 0.4) is 0 Å². The second-order valence-corrected chi connectivity index (χ2v) is 6.16. The zero-order valence-corrected chi connectivity index (χ0v) is 12.3. The van der Waals surface area contributed by atoms with Gasteiger partial charge >= 0.3 is 0 Å². The van der Waals surface area contributed by atoms with Crippen LogP contribution < -0.4 is 5.32 Å². The molecule has 1 aliphatic carbocycles. The van der Waals surface area contributed by atoms with Crippen LogP contribution in [0.25, 0.3) is 0 Å². The summed E-state index contributed by atoms with van der Waals surface area (Å²) >= 11 is 1.28. The zero-order chi connectivity index (χ0) is 14.6. The maximum absolute atomic E-state index is 13.6. The Morgan fingerprint density at radius 1 is 1.45 bits per heavy atom. The summed E-state index contributed by atoms with van der Waals surface area (Å²) in [6.45, 7) is 2.82. The normalized spacial score (nSPS) is 17.5. The van der Waals surface area contributed by atoms with Crippen LogP contribution in [-0.4, -0.2) is 17.8 Å². The highest BCUT2D eigenvalue weighted by atomic mass is 32.2. The molecule has 5 heteroatoms. The van der Waals surface area contributed by atoms with E-state index in [-0.39, 0.29) is 0 Å². The van der Waals surface area contributed by atoms with Crippen molar-refractivity contribution in [1.29, 1.82) is 5.26 Å². The molecule has 1 aromatic rings. The molecule has 1 atom stereocenters. The second-order valence-electron chi connectivity index (χ2n) is 5.15. The zero-order valence-electron chi connectivity index (χ0n) is 11.5. The van der Waals surface area contributed by atoms with Crippen LogP contribution in [0, 0.1) is 28.9 Å². The van der Waals surface area contributed by atoms with E-state index < -0.39 is 17.2 Å². The van der Waals surface area contributed by atoms with Crippen molar-refractivity contribution < 1.29 is 8.78 Å². The van der Waals surface area contributed by atoms with Gasteiger partial charge in [-0.25, -0.2) is 8.78 Å². The van der Waals surface area contributed by atoms with E-state index in [2.05, 4.69) is 18.3 Å². The summed E-state index contributed by atoms with van der Waals surface area (Å²) in [5, 5.41) is 12.8. The molecule has 1 fully saturated rings. The van der Waals surface area contributed by atoms with Crippen LogP contribution in [0.1, 0.15) is 26.2 Å². The number of hydrogen-bond acceptors (Lipinski definition) is 3. The summed E-state index contributed by atoms with van der Waals surface area (Å²) in [7, 11) is 0. The summed E-state index contributed by atoms with van der Waals surface area (Å²) in [6.07, 6.45) is 3.03. The Morgan fingerprint density at radius 3 is 2.75 bits per heavy atom. The molecule has 0 bridgehead atoms. The average molecular weight is 296 g/mol. The van der Waals surface area contributed by atoms with Crippen molar-refractivity contribution in [3.63, 3.8) is 0 Å². The Kier molecular flexibility index (Phi) is 5.00. The van der Waals surface area contributed by atoms with Gasteiger partial charge < -0.3 is 0 Å². The molecule has 1 unspecified atom stereocenters. The van der Waals surface area contributed by atoms with Crippen LogP contribution in [0.5, 0.6) is 0 Å². The van der Waals surface area contributed by atoms with Gasteiger partial charge in [0.15, 0.2) is 0 Å². The van der Waals surface area contributed by atoms with Gasteiger partial charge in [-0.1, -0.05) is 6.92 Å². The van der Waals surface area contributed by atoms with Gasteiger partial charge in [-0.15, -0.1) is 11.8 Å². The van der Waals surface area contributed by atoms with E-state index in [1.54, 1.807) is 0 Å². The third kappa shape index (κ3) is 3.50. The first-order chi connectivity index (χ1) is 9.61. The fraction of sp³-hybridized carbons (Fsp3) is 0.533. The molecule has 2 rings (SSSR count). The van der Waals surface area contributed by atoms with Gasteiger partial charge in [-0.05, 0) is 43.9 Å². The number of nitriles is 1. The predicted molar refractivity (Wildman–Crippen MR) is 76.4 cm³/mol. The fourth-order valence-corrected chi connectivity index (χ4v) is 3.33. The van der Waals surface area contributed by atoms with Crippen molar-refractivity contribution in [3.8, 4) is 6.07 Å². The van der Waals surface area contributed by atoms with Crippen LogP contribution in [0.4, 0.5) is 8.78 Å². The molecule has 1 saturated carbocycles. The number of nitrogens with zero attached hydrogens (tertiary/aromatic N) is 1. The summed E-state index contributed by atoms with van der Waals surface area (Å²) < 4.78 is 26.5. The lowest BCUT2D eigenvalue weighted by Crippen LogP contribution is -2.48. The molecule has 0 amide bonds. The minimum atomic E-state index is -0.596. The van der Waals surface area contributed by atoms with E-state index in [1.165, 1.54) is 23.9 Å². The van der Waals surface area contributed by atoms with Crippen molar-refractivity contribution in [2.45, 2.75) is 36.6 Å². The van der Waals surface area contributed by atoms with Gasteiger partial charge in [-0.3, -0.25) is 5.32 Å². The van der Waals surface area contributed by atoms with Gasteiger partial charge in [0, 0.05) is 16.7 Å². The molecule has 0 saturated heterocycles. The van der Waals surface area contributed by atoms with Crippen LogP contribution in [0.2, 0.25) is 0 Å². The van der Waals surface area contributed by atoms with Crippen LogP contribution in [-0.2, 0) is 0 Å². The third-order valence-corrected chi connectivity index (χ3v) is 4.76. The molecular weight excluding hydrogens is 278 g/mol. The van der Waals surface area contributed by atoms with Crippen LogP contribution in [0.15, 0.2) is 23.1 Å². The van der Waals surface area contributed by atoms with E-state index in [9.17, 15) is 14.0 Å². The lowest BCUT2D eigenvalue weighted by molar-refractivity contribution is 0.405. The number of thioether (sulfide) groups is 1. The molecule has 0 aromatic heterocycles. The highest BCUT2D eigenvalue weighted by Gasteiger charge is 2.45. The van der Waals surface area contributed by atoms with Gasteiger partial charge in [0.05, 0.1) is 6.07 Å². The largest absolute Gasteiger partial charge is 0.298 e. The Bertz CT molecular complexity index is 511. The Labute approximate surface area is 122 Å². The minimum absolute atomic E-state index is 0.343. The quantitative estimate of drug-likeness (QED) is 0.779. The Morgan fingerprint density at radius 2 is 2.20 bits per heavy atom. The van der Waals surface area contributed by atoms with Gasteiger partial charge in [0.2, 0.25) is 0 Å². The molecule has 1 aliphatic rings. The number of benzene rings is 1. The molecule has 0 aliphatic heterocycles. The standard InChI is InChI=1S/C15H18F2N2S/c1-2-7-19-15(9-18,11-3-4-11)10-20-14-6-5-12(16)8-13(14)17/h5-6,8,11,19H,2-4,7,10H2,1H3. The Hall–Kier alpha value is -1.12. The maximum Gasteiger partial charge on any atom is 0.139 e. The van der Waals surface area contributed by atoms with Gasteiger partial charge in [0.1, 0.15) is 17.2 Å². The predicted octanol–water partition coefficient (Wildman–Crippen LogP) is 3.73. The van der Waals surface area contributed by atoms with Crippen molar-refractivity contribution in [2.24, 2.45) is 5.92 Å². The van der Waals surface area contributed by atoms with E-state index >= 15 is 0 Å². The van der Waals surface area contributed by atoms with Crippen molar-refractivity contribution in [1.82, 2.24) is 5.32 Å². The van der Waals surface area contributed by atoms with Crippen molar-refractivity contribution in [3.05, 3.63) is 29.8 Å². The van der Waals surface area contributed by atoms with E-state index in [1.807, 2.05) is 0 Å². The molecule has 0 heterocycles. The molecule has 0 radical (unpaired) electrons. The number of nitrogens with one attached hydrogen (secondary N) is 1. The SMILES string of the molecule is CCCNC(C#N)(CSc1ccc(F)cc1F)C1CC1. The average Bonchev–Trinajstić information content (AvgIpc) is 3.26. The molecule has 0 spiro atoms. The van der Waals surface area contributed by atoms with Gasteiger partial charge in [-0.2, -0.15) is 5.26 Å². The van der Waals surface area contributed by atoms with Crippen LogP contribution >= 0.6 is 11.8 Å². The summed E-state index contributed by atoms with van der Waals surface area (Å²) in [4.78, 5) is 0.393. The molecular formula is C15H18F2N2S. The highest BCUT2D eigenvalue weighted by Crippen LogP contribution is 2.42. The topological polar surface area (TPSA) is 35.8 Å². The molecule has 1 N–H and O–H groups in total. The summed E-state index contributed by atoms with van der Waals surface area (Å²) in [6, 6.07) is 5.95. The minimum Gasteiger partial charge on any atom is -0.298 e. The highest BCUT2D eigenvalue weighted by molar-refractivity contribution is 7.99. The second kappa shape index (κ2) is 6.55. The molecule has 108 valence electrons. The monoisotopic (exact) mass is 296 g/mol. The molecule has 1 aromatic carbocycles. The smallest absolute Gasteiger partial charge is 0.139 e. The molecule has 20 heavy (non-hydrogen) atoms. The Balaban J connectivity index is 2.06. The first-order valence-corrected chi connectivity index (χ1v) is 7.84. The number of hydrogen-bond donors (Lipinski definition) is 1. The lowest BCUT2D eigenvalue weighted by atomic mass is 9.97. The van der Waals surface area contributed by atoms with E-state index in [0.29, 0.717) is 16.6 Å². The first kappa shape index (κ1) is 15.3. The first-order valence-electron chi connectivity index (χ1n) is 6.85. The number of rotatable bonds is 7. The lowest BCUT2D eigenvalue weighted by Gasteiger charge is -2.27.